The second-order valence-electron chi connectivity index (χ2n) is 5.11. The molecule has 0 heterocycles. The van der Waals surface area contributed by atoms with Gasteiger partial charge in [-0.15, -0.1) is 0 Å². The lowest BCUT2D eigenvalue weighted by Gasteiger charge is -2.19. The van der Waals surface area contributed by atoms with E-state index < -0.39 is 0 Å². The molecule has 0 aliphatic carbocycles. The van der Waals surface area contributed by atoms with Crippen LogP contribution in [0.2, 0.25) is 5.02 Å². The van der Waals surface area contributed by atoms with E-state index in [1.54, 1.807) is 0 Å². The Kier molecular flexibility index (Phi) is 6.58. The van der Waals surface area contributed by atoms with Crippen molar-refractivity contribution in [3.63, 3.8) is 0 Å². The van der Waals surface area contributed by atoms with E-state index in [1.807, 2.05) is 30.3 Å². The van der Waals surface area contributed by atoms with Crippen LogP contribution in [0.5, 0.6) is 5.75 Å². The predicted octanol–water partition coefficient (Wildman–Crippen LogP) is 4.33. The summed E-state index contributed by atoms with van der Waals surface area (Å²) in [5, 5.41) is 4.28. The van der Waals surface area contributed by atoms with E-state index in [0.29, 0.717) is 12.6 Å². The quantitative estimate of drug-likeness (QED) is 0.784. The molecule has 112 valence electrons. The molecular weight excluding hydrogens is 282 g/mol. The van der Waals surface area contributed by atoms with Crippen molar-refractivity contribution in [2.45, 2.75) is 25.8 Å². The fraction of sp³-hybridized carbons (Fsp3) is 0.333. The molecule has 1 atom stereocenters. The monoisotopic (exact) mass is 303 g/mol. The van der Waals surface area contributed by atoms with E-state index in [9.17, 15) is 0 Å². The number of halogens is 1. The van der Waals surface area contributed by atoms with Crippen LogP contribution in [-0.4, -0.2) is 19.2 Å². The lowest BCUT2D eigenvalue weighted by Crippen LogP contribution is -2.37. The molecule has 0 fully saturated rings. The highest BCUT2D eigenvalue weighted by atomic mass is 35.5. The Bertz CT molecular complexity index is 513. The van der Waals surface area contributed by atoms with Crippen molar-refractivity contribution in [1.29, 1.82) is 0 Å². The Morgan fingerprint density at radius 2 is 1.76 bits per heavy atom. The lowest BCUT2D eigenvalue weighted by atomic mass is 10.1. The molecule has 0 bridgehead atoms. The van der Waals surface area contributed by atoms with Crippen LogP contribution < -0.4 is 10.1 Å². The maximum atomic E-state index is 5.88. The summed E-state index contributed by atoms with van der Waals surface area (Å²) in [6.45, 7) is 3.82. The maximum absolute atomic E-state index is 5.88. The van der Waals surface area contributed by atoms with Crippen molar-refractivity contribution in [3.05, 3.63) is 65.2 Å². The van der Waals surface area contributed by atoms with Gasteiger partial charge in [0.2, 0.25) is 0 Å². The summed E-state index contributed by atoms with van der Waals surface area (Å²) in [5.41, 5.74) is 1.32. The van der Waals surface area contributed by atoms with Gasteiger partial charge in [0.1, 0.15) is 12.4 Å². The second kappa shape index (κ2) is 8.71. The average Bonchev–Trinajstić information content (AvgIpc) is 2.52. The van der Waals surface area contributed by atoms with Gasteiger partial charge in [-0.25, -0.2) is 0 Å². The van der Waals surface area contributed by atoms with Gasteiger partial charge in [-0.3, -0.25) is 0 Å². The Balaban J connectivity index is 1.91. The molecule has 2 aromatic rings. The smallest absolute Gasteiger partial charge is 0.119 e. The van der Waals surface area contributed by atoms with Crippen molar-refractivity contribution in [1.82, 2.24) is 5.32 Å². The highest BCUT2D eigenvalue weighted by Gasteiger charge is 2.10. The molecule has 0 aliphatic heterocycles. The predicted molar refractivity (Wildman–Crippen MR) is 89.2 cm³/mol. The van der Waals surface area contributed by atoms with Crippen LogP contribution in [0.4, 0.5) is 0 Å². The largest absolute Gasteiger partial charge is 0.492 e. The molecule has 1 unspecified atom stereocenters. The summed E-state index contributed by atoms with van der Waals surface area (Å²) in [6.07, 6.45) is 2.08. The Hall–Kier alpha value is -1.51. The molecule has 0 saturated carbocycles. The van der Waals surface area contributed by atoms with Crippen LogP contribution >= 0.6 is 11.6 Å². The van der Waals surface area contributed by atoms with Crippen molar-refractivity contribution < 1.29 is 4.74 Å². The van der Waals surface area contributed by atoms with E-state index in [-0.39, 0.29) is 0 Å². The number of benzene rings is 2. The van der Waals surface area contributed by atoms with Crippen LogP contribution in [0.15, 0.2) is 54.6 Å². The van der Waals surface area contributed by atoms with Gasteiger partial charge in [-0.2, -0.15) is 0 Å². The summed E-state index contributed by atoms with van der Waals surface area (Å²) in [5.74, 6) is 0.857. The third-order valence-corrected chi connectivity index (χ3v) is 3.52. The molecule has 0 saturated heterocycles. The Morgan fingerprint density at radius 3 is 2.43 bits per heavy atom. The van der Waals surface area contributed by atoms with E-state index >= 15 is 0 Å². The van der Waals surface area contributed by atoms with Gasteiger partial charge in [0.15, 0.2) is 0 Å². The number of nitrogens with one attached hydrogen (secondary N) is 1. The number of rotatable bonds is 8. The van der Waals surface area contributed by atoms with Gasteiger partial charge in [0.25, 0.3) is 0 Å². The first-order valence-electron chi connectivity index (χ1n) is 7.43. The standard InChI is InChI=1S/C18H22ClNO/c1-2-12-20-17(13-15-6-4-3-5-7-15)14-21-18-10-8-16(19)9-11-18/h3-11,17,20H,2,12-14H2,1H3. The fourth-order valence-corrected chi connectivity index (χ4v) is 2.29. The lowest BCUT2D eigenvalue weighted by molar-refractivity contribution is 0.263. The summed E-state index contributed by atoms with van der Waals surface area (Å²) in [7, 11) is 0. The van der Waals surface area contributed by atoms with E-state index in [4.69, 9.17) is 16.3 Å². The summed E-state index contributed by atoms with van der Waals surface area (Å²) >= 11 is 5.88. The number of hydrogen-bond donors (Lipinski definition) is 1. The van der Waals surface area contributed by atoms with E-state index in [2.05, 4.69) is 36.5 Å². The molecular formula is C18H22ClNO. The van der Waals surface area contributed by atoms with Crippen molar-refractivity contribution in [3.8, 4) is 5.75 Å². The summed E-state index contributed by atoms with van der Waals surface area (Å²) in [4.78, 5) is 0. The van der Waals surface area contributed by atoms with Gasteiger partial charge < -0.3 is 10.1 Å². The minimum Gasteiger partial charge on any atom is -0.492 e. The first-order valence-corrected chi connectivity index (χ1v) is 7.81. The first-order chi connectivity index (χ1) is 10.3. The first kappa shape index (κ1) is 15.9. The average molecular weight is 304 g/mol. The molecule has 0 spiro atoms. The molecule has 3 heteroatoms. The molecule has 1 N–H and O–H groups in total. The van der Waals surface area contributed by atoms with Crippen LogP contribution in [0.1, 0.15) is 18.9 Å². The normalized spacial score (nSPS) is 12.1. The topological polar surface area (TPSA) is 21.3 Å². The SMILES string of the molecule is CCCNC(COc1ccc(Cl)cc1)Cc1ccccc1. The molecule has 0 aromatic heterocycles. The van der Waals surface area contributed by atoms with Crippen LogP contribution in [0.25, 0.3) is 0 Å². The summed E-state index contributed by atoms with van der Waals surface area (Å²) < 4.78 is 5.87. The third kappa shape index (κ3) is 5.78. The molecule has 0 radical (unpaired) electrons. The van der Waals surface area contributed by atoms with Crippen LogP contribution in [0, 0.1) is 0 Å². The molecule has 0 aliphatic rings. The van der Waals surface area contributed by atoms with Crippen molar-refractivity contribution in [2.24, 2.45) is 0 Å². The Labute approximate surface area is 132 Å². The zero-order valence-electron chi connectivity index (χ0n) is 12.4. The van der Waals surface area contributed by atoms with Gasteiger partial charge in [0, 0.05) is 11.1 Å². The zero-order chi connectivity index (χ0) is 14.9. The number of ether oxygens (including phenoxy) is 1. The highest BCUT2D eigenvalue weighted by molar-refractivity contribution is 6.30. The van der Waals surface area contributed by atoms with Gasteiger partial charge in [-0.1, -0.05) is 48.9 Å². The van der Waals surface area contributed by atoms with Gasteiger partial charge in [-0.05, 0) is 49.2 Å². The van der Waals surface area contributed by atoms with E-state index in [0.717, 1.165) is 30.2 Å². The Morgan fingerprint density at radius 1 is 1.05 bits per heavy atom. The van der Waals surface area contributed by atoms with Gasteiger partial charge in [0.05, 0.1) is 0 Å². The van der Waals surface area contributed by atoms with E-state index in [1.165, 1.54) is 5.56 Å². The molecule has 2 aromatic carbocycles. The number of hydrogen-bond acceptors (Lipinski definition) is 2. The molecule has 21 heavy (non-hydrogen) atoms. The summed E-state index contributed by atoms with van der Waals surface area (Å²) in [6, 6.07) is 18.3. The van der Waals surface area contributed by atoms with Crippen molar-refractivity contribution >= 4 is 11.6 Å². The minimum atomic E-state index is 0.308. The second-order valence-corrected chi connectivity index (χ2v) is 5.54. The van der Waals surface area contributed by atoms with Gasteiger partial charge >= 0.3 is 0 Å². The molecule has 2 rings (SSSR count). The fourth-order valence-electron chi connectivity index (χ4n) is 2.16. The van der Waals surface area contributed by atoms with Crippen molar-refractivity contribution in [2.75, 3.05) is 13.2 Å². The molecule has 2 nitrogen and oxygen atoms in total. The molecule has 0 amide bonds. The van der Waals surface area contributed by atoms with Crippen LogP contribution in [-0.2, 0) is 6.42 Å². The zero-order valence-corrected chi connectivity index (χ0v) is 13.1. The maximum Gasteiger partial charge on any atom is 0.119 e. The van der Waals surface area contributed by atoms with Crippen LogP contribution in [0.3, 0.4) is 0 Å². The third-order valence-electron chi connectivity index (χ3n) is 3.27. The minimum absolute atomic E-state index is 0.308. The highest BCUT2D eigenvalue weighted by Crippen LogP contribution is 2.16.